The number of ether oxygens (including phenoxy) is 1. The molecule has 1 aromatic rings. The number of carbonyl (C=O) groups excluding carboxylic acids is 1. The summed E-state index contributed by atoms with van der Waals surface area (Å²) in [7, 11) is 0. The average molecular weight is 301 g/mol. The fourth-order valence-corrected chi connectivity index (χ4v) is 3.78. The van der Waals surface area contributed by atoms with Crippen molar-refractivity contribution in [1.29, 1.82) is 0 Å². The number of nitrogens with one attached hydrogen (secondary N) is 1. The third kappa shape index (κ3) is 3.35. The molecule has 2 aliphatic rings. The van der Waals surface area contributed by atoms with E-state index in [9.17, 15) is 4.79 Å². The Bertz CT molecular complexity index is 489. The van der Waals surface area contributed by atoms with Gasteiger partial charge in [0.15, 0.2) is 0 Å². The van der Waals surface area contributed by atoms with E-state index in [0.717, 1.165) is 57.3 Å². The van der Waals surface area contributed by atoms with E-state index in [1.807, 2.05) is 18.2 Å². The summed E-state index contributed by atoms with van der Waals surface area (Å²) in [5.41, 5.74) is 1.21. The van der Waals surface area contributed by atoms with Gasteiger partial charge in [-0.25, -0.2) is 0 Å². The molecule has 0 spiro atoms. The van der Waals surface area contributed by atoms with Crippen LogP contribution in [0.25, 0.3) is 0 Å². The summed E-state index contributed by atoms with van der Waals surface area (Å²) in [6.07, 6.45) is 6.39. The predicted octanol–water partition coefficient (Wildman–Crippen LogP) is 3.65. The van der Waals surface area contributed by atoms with Gasteiger partial charge in [-0.2, -0.15) is 0 Å². The summed E-state index contributed by atoms with van der Waals surface area (Å²) in [5, 5.41) is 3.43. The summed E-state index contributed by atoms with van der Waals surface area (Å²) in [6, 6.07) is 10.2. The van der Waals surface area contributed by atoms with Crippen molar-refractivity contribution in [1.82, 2.24) is 5.32 Å². The number of hydrogen-bond acceptors (Lipinski definition) is 2. The minimum atomic E-state index is -0.0106. The van der Waals surface area contributed by atoms with Crippen LogP contribution < -0.4 is 5.32 Å². The summed E-state index contributed by atoms with van der Waals surface area (Å²) < 4.78 is 5.47. The van der Waals surface area contributed by atoms with Gasteiger partial charge in [-0.05, 0) is 43.6 Å². The Morgan fingerprint density at radius 1 is 1.27 bits per heavy atom. The maximum atomic E-state index is 12.9. The minimum absolute atomic E-state index is 0.0106. The molecule has 1 aliphatic heterocycles. The number of amides is 1. The lowest BCUT2D eigenvalue weighted by Gasteiger charge is -2.32. The lowest BCUT2D eigenvalue weighted by molar-refractivity contribution is -0.124. The first kappa shape index (κ1) is 15.5. The van der Waals surface area contributed by atoms with E-state index in [0.29, 0.717) is 5.92 Å². The molecular formula is C19H27NO2. The van der Waals surface area contributed by atoms with Gasteiger partial charge in [-0.15, -0.1) is 0 Å². The van der Waals surface area contributed by atoms with Crippen LogP contribution in [0.1, 0.15) is 56.9 Å². The number of rotatable bonds is 6. The predicted molar refractivity (Wildman–Crippen MR) is 87.7 cm³/mol. The van der Waals surface area contributed by atoms with Crippen LogP contribution in [0.15, 0.2) is 30.3 Å². The van der Waals surface area contributed by atoms with Gasteiger partial charge >= 0.3 is 0 Å². The van der Waals surface area contributed by atoms with Crippen molar-refractivity contribution in [3.8, 4) is 0 Å². The van der Waals surface area contributed by atoms with E-state index in [1.54, 1.807) is 0 Å². The fraction of sp³-hybridized carbons (Fsp3) is 0.632. The third-order valence-electron chi connectivity index (χ3n) is 5.26. The molecule has 1 amide bonds. The lowest BCUT2D eigenvalue weighted by Crippen LogP contribution is -2.46. The molecule has 2 fully saturated rings. The molecule has 3 nitrogen and oxygen atoms in total. The average Bonchev–Trinajstić information content (AvgIpc) is 3.35. The molecule has 1 saturated heterocycles. The number of benzene rings is 1. The highest BCUT2D eigenvalue weighted by molar-refractivity contribution is 5.84. The smallest absolute Gasteiger partial charge is 0.227 e. The van der Waals surface area contributed by atoms with Gasteiger partial charge in [0.2, 0.25) is 5.91 Å². The molecule has 3 rings (SSSR count). The largest absolute Gasteiger partial charge is 0.381 e. The molecule has 1 saturated carbocycles. The van der Waals surface area contributed by atoms with Crippen LogP contribution in [0.3, 0.4) is 0 Å². The second-order valence-electron chi connectivity index (χ2n) is 6.78. The normalized spacial score (nSPS) is 22.0. The second-order valence-corrected chi connectivity index (χ2v) is 6.78. The van der Waals surface area contributed by atoms with E-state index in [2.05, 4.69) is 24.4 Å². The first-order valence-corrected chi connectivity index (χ1v) is 8.70. The van der Waals surface area contributed by atoms with Gasteiger partial charge in [0.1, 0.15) is 0 Å². The highest BCUT2D eigenvalue weighted by atomic mass is 16.5. The monoisotopic (exact) mass is 301 g/mol. The van der Waals surface area contributed by atoms with E-state index in [1.165, 1.54) is 0 Å². The van der Waals surface area contributed by atoms with Crippen LogP contribution in [0.4, 0.5) is 0 Å². The van der Waals surface area contributed by atoms with Crippen molar-refractivity contribution in [3.63, 3.8) is 0 Å². The van der Waals surface area contributed by atoms with E-state index >= 15 is 0 Å². The minimum Gasteiger partial charge on any atom is -0.381 e. The zero-order chi connectivity index (χ0) is 15.4. The standard InChI is InChI=1S/C19H27NO2/c1-2-6-17(15-7-4-3-5-8-15)18(21)20-19(11-12-19)16-9-13-22-14-10-16/h3-5,7-8,16-17H,2,6,9-14H2,1H3,(H,20,21). The van der Waals surface area contributed by atoms with Gasteiger partial charge in [-0.3, -0.25) is 4.79 Å². The molecule has 1 N–H and O–H groups in total. The Labute approximate surface area is 133 Å². The maximum absolute atomic E-state index is 12.9. The molecule has 1 heterocycles. The van der Waals surface area contributed by atoms with Crippen molar-refractivity contribution >= 4 is 5.91 Å². The van der Waals surface area contributed by atoms with Crippen LogP contribution in [0, 0.1) is 5.92 Å². The van der Waals surface area contributed by atoms with Crippen molar-refractivity contribution < 1.29 is 9.53 Å². The van der Waals surface area contributed by atoms with Gasteiger partial charge in [0.05, 0.1) is 5.92 Å². The highest BCUT2D eigenvalue weighted by Gasteiger charge is 2.50. The summed E-state index contributed by atoms with van der Waals surface area (Å²) in [6.45, 7) is 3.84. The molecule has 1 aromatic carbocycles. The van der Waals surface area contributed by atoms with Crippen LogP contribution in [-0.2, 0) is 9.53 Å². The van der Waals surface area contributed by atoms with Crippen molar-refractivity contribution in [2.45, 2.75) is 56.9 Å². The zero-order valence-corrected chi connectivity index (χ0v) is 13.5. The van der Waals surface area contributed by atoms with Crippen LogP contribution >= 0.6 is 0 Å². The molecule has 120 valence electrons. The van der Waals surface area contributed by atoms with E-state index < -0.39 is 0 Å². The number of hydrogen-bond donors (Lipinski definition) is 1. The van der Waals surface area contributed by atoms with E-state index in [4.69, 9.17) is 4.74 Å². The van der Waals surface area contributed by atoms with Gasteiger partial charge in [0, 0.05) is 18.8 Å². The Morgan fingerprint density at radius 3 is 2.55 bits per heavy atom. The van der Waals surface area contributed by atoms with Gasteiger partial charge in [-0.1, -0.05) is 43.7 Å². The maximum Gasteiger partial charge on any atom is 0.227 e. The molecule has 22 heavy (non-hydrogen) atoms. The molecular weight excluding hydrogens is 274 g/mol. The van der Waals surface area contributed by atoms with Crippen LogP contribution in [-0.4, -0.2) is 24.7 Å². The van der Waals surface area contributed by atoms with Crippen LogP contribution in [0.2, 0.25) is 0 Å². The molecule has 3 heteroatoms. The first-order valence-electron chi connectivity index (χ1n) is 8.70. The number of carbonyl (C=O) groups is 1. The quantitative estimate of drug-likeness (QED) is 0.871. The van der Waals surface area contributed by atoms with Gasteiger partial charge < -0.3 is 10.1 Å². The SMILES string of the molecule is CCCC(C(=O)NC1(C2CCOCC2)CC1)c1ccccc1. The Hall–Kier alpha value is -1.35. The van der Waals surface area contributed by atoms with Crippen molar-refractivity contribution in [3.05, 3.63) is 35.9 Å². The molecule has 0 bridgehead atoms. The Balaban J connectivity index is 1.69. The Morgan fingerprint density at radius 2 is 1.95 bits per heavy atom. The van der Waals surface area contributed by atoms with E-state index in [-0.39, 0.29) is 17.4 Å². The van der Waals surface area contributed by atoms with Gasteiger partial charge in [0.25, 0.3) is 0 Å². The topological polar surface area (TPSA) is 38.3 Å². The van der Waals surface area contributed by atoms with Crippen LogP contribution in [0.5, 0.6) is 0 Å². The molecule has 0 aromatic heterocycles. The molecule has 1 atom stereocenters. The zero-order valence-electron chi connectivity index (χ0n) is 13.5. The summed E-state index contributed by atoms with van der Waals surface area (Å²) in [5.74, 6) is 0.809. The van der Waals surface area contributed by atoms with Crippen molar-refractivity contribution in [2.24, 2.45) is 5.92 Å². The van der Waals surface area contributed by atoms with Crippen molar-refractivity contribution in [2.75, 3.05) is 13.2 Å². The molecule has 1 aliphatic carbocycles. The summed E-state index contributed by atoms with van der Waals surface area (Å²) >= 11 is 0. The molecule has 0 radical (unpaired) electrons. The first-order chi connectivity index (χ1) is 10.7. The highest BCUT2D eigenvalue weighted by Crippen LogP contribution is 2.46. The molecule has 1 unspecified atom stereocenters. The third-order valence-corrected chi connectivity index (χ3v) is 5.26. The lowest BCUT2D eigenvalue weighted by atomic mass is 9.87. The summed E-state index contributed by atoms with van der Waals surface area (Å²) in [4.78, 5) is 12.9. The second kappa shape index (κ2) is 6.82. The Kier molecular flexibility index (Phi) is 4.82. The fourth-order valence-electron chi connectivity index (χ4n) is 3.78.